The molecule has 0 bridgehead atoms. The molecule has 1 amide bonds. The molecule has 0 aromatic heterocycles. The number of halogens is 1. The molecule has 1 aliphatic heterocycles. The van der Waals surface area contributed by atoms with E-state index in [1.807, 2.05) is 6.07 Å². The highest BCUT2D eigenvalue weighted by Gasteiger charge is 2.50. The Bertz CT molecular complexity index is 889. The maximum Gasteiger partial charge on any atom is 0.264 e. The smallest absolute Gasteiger partial charge is 0.264 e. The van der Waals surface area contributed by atoms with Crippen LogP contribution >= 0.6 is 11.6 Å². The number of nitrogens with zero attached hydrogens (tertiary/aromatic N) is 2. The normalized spacial score (nSPS) is 18.5. The second kappa shape index (κ2) is 7.28. The fourth-order valence-electron chi connectivity index (χ4n) is 3.19. The molecule has 0 saturated carbocycles. The van der Waals surface area contributed by atoms with Gasteiger partial charge in [0, 0.05) is 29.1 Å². The minimum Gasteiger partial charge on any atom is -0.375 e. The zero-order valence-electron chi connectivity index (χ0n) is 14.0. The Hall–Kier alpha value is -2.68. The maximum absolute atomic E-state index is 12.9. The van der Waals surface area contributed by atoms with E-state index in [9.17, 15) is 14.7 Å². The number of ketones is 1. The van der Waals surface area contributed by atoms with Crippen molar-refractivity contribution in [2.24, 2.45) is 0 Å². The van der Waals surface area contributed by atoms with Crippen LogP contribution in [0.15, 0.2) is 48.5 Å². The van der Waals surface area contributed by atoms with Crippen molar-refractivity contribution in [3.63, 3.8) is 0 Å². The quantitative estimate of drug-likeness (QED) is 0.625. The van der Waals surface area contributed by atoms with Gasteiger partial charge in [-0.3, -0.25) is 9.59 Å². The zero-order chi connectivity index (χ0) is 18.7. The van der Waals surface area contributed by atoms with Crippen LogP contribution in [-0.4, -0.2) is 23.3 Å². The lowest BCUT2D eigenvalue weighted by atomic mass is 9.88. The standard InChI is InChI=1S/C20H17ClN2O3/c21-15-9-7-14(8-10-15)18(24)13-20(26)16-5-1-2-6-17(16)23(19(20)25)12-4-3-11-22/h1-2,5-10,26H,3-4,12-13H2. The monoisotopic (exact) mass is 368 g/mol. The summed E-state index contributed by atoms with van der Waals surface area (Å²) in [6.07, 6.45) is 0.463. The Labute approximate surface area is 156 Å². The summed E-state index contributed by atoms with van der Waals surface area (Å²) in [4.78, 5) is 27.0. The van der Waals surface area contributed by atoms with Crippen LogP contribution < -0.4 is 4.90 Å². The number of benzene rings is 2. The molecular weight excluding hydrogens is 352 g/mol. The van der Waals surface area contributed by atoms with Gasteiger partial charge in [-0.25, -0.2) is 0 Å². The van der Waals surface area contributed by atoms with Crippen molar-refractivity contribution in [1.82, 2.24) is 0 Å². The lowest BCUT2D eigenvalue weighted by Gasteiger charge is -2.22. The number of aliphatic hydroxyl groups is 1. The van der Waals surface area contributed by atoms with Gasteiger partial charge in [-0.05, 0) is 36.8 Å². The number of hydrogen-bond donors (Lipinski definition) is 1. The fourth-order valence-corrected chi connectivity index (χ4v) is 3.31. The molecule has 1 atom stereocenters. The van der Waals surface area contributed by atoms with Crippen LogP contribution in [-0.2, 0) is 10.4 Å². The molecule has 3 rings (SSSR count). The molecule has 1 aliphatic rings. The number of anilines is 1. The van der Waals surface area contributed by atoms with E-state index in [1.54, 1.807) is 48.5 Å². The lowest BCUT2D eigenvalue weighted by molar-refractivity contribution is -0.135. The summed E-state index contributed by atoms with van der Waals surface area (Å²) in [5, 5.41) is 20.3. The first-order chi connectivity index (χ1) is 12.5. The fraction of sp³-hybridized carbons (Fsp3) is 0.250. The van der Waals surface area contributed by atoms with Gasteiger partial charge in [0.25, 0.3) is 5.91 Å². The van der Waals surface area contributed by atoms with Gasteiger partial charge in [-0.15, -0.1) is 0 Å². The van der Waals surface area contributed by atoms with Crippen molar-refractivity contribution in [2.45, 2.75) is 24.9 Å². The van der Waals surface area contributed by atoms with Crippen molar-refractivity contribution in [3.05, 3.63) is 64.7 Å². The van der Waals surface area contributed by atoms with E-state index in [4.69, 9.17) is 16.9 Å². The number of rotatable bonds is 6. The predicted molar refractivity (Wildman–Crippen MR) is 97.9 cm³/mol. The second-order valence-electron chi connectivity index (χ2n) is 6.20. The van der Waals surface area contributed by atoms with Gasteiger partial charge >= 0.3 is 0 Å². The van der Waals surface area contributed by atoms with Crippen LogP contribution in [0.4, 0.5) is 5.69 Å². The minimum absolute atomic E-state index is 0.314. The summed E-state index contributed by atoms with van der Waals surface area (Å²) in [6.45, 7) is 0.320. The van der Waals surface area contributed by atoms with Gasteiger partial charge < -0.3 is 10.0 Å². The van der Waals surface area contributed by atoms with Crippen LogP contribution in [0.1, 0.15) is 35.2 Å². The first-order valence-electron chi connectivity index (χ1n) is 8.27. The molecule has 2 aromatic carbocycles. The summed E-state index contributed by atoms with van der Waals surface area (Å²) >= 11 is 5.84. The van der Waals surface area contributed by atoms with E-state index >= 15 is 0 Å². The molecule has 0 spiro atoms. The highest BCUT2D eigenvalue weighted by atomic mass is 35.5. The molecule has 132 valence electrons. The second-order valence-corrected chi connectivity index (χ2v) is 6.64. The van der Waals surface area contributed by atoms with E-state index < -0.39 is 11.5 Å². The predicted octanol–water partition coefficient (Wildman–Crippen LogP) is 3.45. The topological polar surface area (TPSA) is 81.4 Å². The summed E-state index contributed by atoms with van der Waals surface area (Å²) in [5.74, 6) is -0.870. The SMILES string of the molecule is N#CCCCN1C(=O)C(O)(CC(=O)c2ccc(Cl)cc2)c2ccccc21. The molecule has 26 heavy (non-hydrogen) atoms. The van der Waals surface area contributed by atoms with Crippen molar-refractivity contribution >= 4 is 29.0 Å². The van der Waals surface area contributed by atoms with Crippen molar-refractivity contribution in [3.8, 4) is 6.07 Å². The number of hydrogen-bond acceptors (Lipinski definition) is 4. The van der Waals surface area contributed by atoms with E-state index in [0.717, 1.165) is 0 Å². The number of carbonyl (C=O) groups excluding carboxylic acids is 2. The molecule has 1 unspecified atom stereocenters. The molecule has 0 fully saturated rings. The Balaban J connectivity index is 1.90. The number of Topliss-reactive ketones (excluding diaryl/α,β-unsaturated/α-hetero) is 1. The molecule has 1 N–H and O–H groups in total. The highest BCUT2D eigenvalue weighted by Crippen LogP contribution is 2.42. The van der Waals surface area contributed by atoms with Gasteiger partial charge in [-0.1, -0.05) is 29.8 Å². The minimum atomic E-state index is -1.90. The van der Waals surface area contributed by atoms with Gasteiger partial charge in [0.05, 0.1) is 18.2 Å². The third-order valence-electron chi connectivity index (χ3n) is 4.49. The van der Waals surface area contributed by atoms with E-state index in [-0.39, 0.29) is 12.2 Å². The van der Waals surface area contributed by atoms with Crippen molar-refractivity contribution in [2.75, 3.05) is 11.4 Å². The molecule has 0 saturated heterocycles. The third-order valence-corrected chi connectivity index (χ3v) is 4.74. The van der Waals surface area contributed by atoms with Crippen molar-refractivity contribution < 1.29 is 14.7 Å². The van der Waals surface area contributed by atoms with Gasteiger partial charge in [-0.2, -0.15) is 5.26 Å². The summed E-state index contributed by atoms with van der Waals surface area (Å²) in [7, 11) is 0. The summed E-state index contributed by atoms with van der Waals surface area (Å²) in [5.41, 5.74) is -0.512. The lowest BCUT2D eigenvalue weighted by Crippen LogP contribution is -2.42. The largest absolute Gasteiger partial charge is 0.375 e. The Morgan fingerprint density at radius 2 is 1.88 bits per heavy atom. The number of nitriles is 1. The average Bonchev–Trinajstić information content (AvgIpc) is 2.84. The first-order valence-corrected chi connectivity index (χ1v) is 8.65. The van der Waals surface area contributed by atoms with E-state index in [0.29, 0.717) is 41.2 Å². The average molecular weight is 369 g/mol. The first kappa shape index (κ1) is 18.1. The number of amides is 1. The Kier molecular flexibility index (Phi) is 5.08. The van der Waals surface area contributed by atoms with Crippen LogP contribution in [0, 0.1) is 11.3 Å². The zero-order valence-corrected chi connectivity index (χ0v) is 14.7. The summed E-state index contributed by atoms with van der Waals surface area (Å²) in [6, 6.07) is 15.3. The van der Waals surface area contributed by atoms with Gasteiger partial charge in [0.15, 0.2) is 11.4 Å². The molecule has 5 nitrogen and oxygen atoms in total. The maximum atomic E-state index is 12.9. The molecular formula is C20H17ClN2O3. The number of fused-ring (bicyclic) bond motifs is 1. The van der Waals surface area contributed by atoms with E-state index in [1.165, 1.54) is 4.90 Å². The van der Waals surface area contributed by atoms with Crippen LogP contribution in [0.25, 0.3) is 0 Å². The highest BCUT2D eigenvalue weighted by molar-refractivity contribution is 6.30. The molecule has 6 heteroatoms. The number of unbranched alkanes of at least 4 members (excludes halogenated alkanes) is 1. The Morgan fingerprint density at radius 3 is 2.58 bits per heavy atom. The molecule has 1 heterocycles. The third kappa shape index (κ3) is 3.22. The molecule has 0 radical (unpaired) electrons. The van der Waals surface area contributed by atoms with Gasteiger partial charge in [0.1, 0.15) is 0 Å². The number of para-hydroxylation sites is 1. The van der Waals surface area contributed by atoms with Crippen LogP contribution in [0.5, 0.6) is 0 Å². The summed E-state index contributed by atoms with van der Waals surface area (Å²) < 4.78 is 0. The number of carbonyl (C=O) groups is 2. The van der Waals surface area contributed by atoms with Crippen LogP contribution in [0.3, 0.4) is 0 Å². The van der Waals surface area contributed by atoms with E-state index in [2.05, 4.69) is 0 Å². The molecule has 2 aromatic rings. The molecule has 0 aliphatic carbocycles. The van der Waals surface area contributed by atoms with Gasteiger partial charge in [0.2, 0.25) is 0 Å². The Morgan fingerprint density at radius 1 is 1.19 bits per heavy atom. The van der Waals surface area contributed by atoms with Crippen molar-refractivity contribution in [1.29, 1.82) is 5.26 Å². The van der Waals surface area contributed by atoms with Crippen LogP contribution in [0.2, 0.25) is 5.02 Å².